The van der Waals surface area contributed by atoms with Crippen LogP contribution in [0.15, 0.2) is 59.5 Å². The zero-order valence-electron chi connectivity index (χ0n) is 11.5. The molecule has 4 heteroatoms. The molecular weight excluding hydrogens is 304 g/mol. The number of hydrogen-bond acceptors (Lipinski definition) is 3. The fourth-order valence-corrected chi connectivity index (χ4v) is 5.46. The van der Waals surface area contributed by atoms with Crippen molar-refractivity contribution in [3.63, 3.8) is 0 Å². The van der Waals surface area contributed by atoms with Gasteiger partial charge in [-0.15, -0.1) is 0 Å². The van der Waals surface area contributed by atoms with E-state index in [-0.39, 0.29) is 0 Å². The molecule has 0 bridgehead atoms. The first-order chi connectivity index (χ1) is 9.74. The minimum absolute atomic E-state index is 0.663. The van der Waals surface area contributed by atoms with Gasteiger partial charge in [-0.1, -0.05) is 69.6 Å². The highest BCUT2D eigenvalue weighted by Gasteiger charge is 2.02. The van der Waals surface area contributed by atoms with E-state index < -0.39 is 10.8 Å². The Morgan fingerprint density at radius 3 is 2.40 bits per heavy atom. The van der Waals surface area contributed by atoms with Crippen LogP contribution in [0.1, 0.15) is 11.1 Å². The summed E-state index contributed by atoms with van der Waals surface area (Å²) in [5, 5.41) is 0. The van der Waals surface area contributed by atoms with E-state index in [1.54, 1.807) is 21.6 Å². The van der Waals surface area contributed by atoms with Crippen LogP contribution in [0.4, 0.5) is 0 Å². The second-order valence-electron chi connectivity index (χ2n) is 4.49. The molecule has 2 aromatic carbocycles. The molecule has 0 aromatic heterocycles. The number of rotatable bonds is 7. The monoisotopic (exact) mass is 322 g/mol. The van der Waals surface area contributed by atoms with E-state index in [4.69, 9.17) is 0 Å². The summed E-state index contributed by atoms with van der Waals surface area (Å²) >= 11 is 0. The summed E-state index contributed by atoms with van der Waals surface area (Å²) in [5.41, 5.74) is 2.44. The lowest BCUT2D eigenvalue weighted by atomic mass is 10.2. The Hall–Kier alpha value is -0.710. The van der Waals surface area contributed by atoms with E-state index in [0.717, 1.165) is 17.1 Å². The van der Waals surface area contributed by atoms with Crippen molar-refractivity contribution in [1.29, 1.82) is 0 Å². The topological polar surface area (TPSA) is 17.1 Å². The van der Waals surface area contributed by atoms with Gasteiger partial charge in [0.1, 0.15) is 0 Å². The maximum absolute atomic E-state index is 12.0. The third kappa shape index (κ3) is 5.73. The van der Waals surface area contributed by atoms with Gasteiger partial charge in [0.2, 0.25) is 0 Å². The molecule has 0 fully saturated rings. The van der Waals surface area contributed by atoms with Crippen molar-refractivity contribution in [2.75, 3.05) is 11.5 Å². The molecule has 0 radical (unpaired) electrons. The first-order valence-corrected chi connectivity index (χ1v) is 10.3. The molecular formula is C16H18OS3. The summed E-state index contributed by atoms with van der Waals surface area (Å²) in [7, 11) is 2.77. The molecule has 0 saturated heterocycles. The maximum atomic E-state index is 12.0. The van der Waals surface area contributed by atoms with Gasteiger partial charge in [0.05, 0.1) is 0 Å². The molecule has 1 unspecified atom stereocenters. The van der Waals surface area contributed by atoms with Gasteiger partial charge >= 0.3 is 0 Å². The molecule has 0 heterocycles. The third-order valence-corrected chi connectivity index (χ3v) is 6.70. The summed E-state index contributed by atoms with van der Waals surface area (Å²) in [6, 6.07) is 18.6. The lowest BCUT2D eigenvalue weighted by molar-refractivity contribution is 0.683. The molecule has 1 nitrogen and oxygen atoms in total. The molecule has 2 aromatic rings. The third-order valence-electron chi connectivity index (χ3n) is 2.74. The molecule has 106 valence electrons. The van der Waals surface area contributed by atoms with Crippen molar-refractivity contribution in [3.05, 3.63) is 65.7 Å². The van der Waals surface area contributed by atoms with Crippen LogP contribution < -0.4 is 0 Å². The van der Waals surface area contributed by atoms with Gasteiger partial charge in [-0.25, -0.2) is 0 Å². The molecule has 0 aliphatic carbocycles. The van der Waals surface area contributed by atoms with Gasteiger partial charge in [-0.3, -0.25) is 4.21 Å². The number of aryl methyl sites for hydroxylation is 1. The minimum Gasteiger partial charge on any atom is -0.259 e. The van der Waals surface area contributed by atoms with Gasteiger partial charge in [0.25, 0.3) is 0 Å². The summed E-state index contributed by atoms with van der Waals surface area (Å²) < 4.78 is 12.0. The molecule has 0 aliphatic heterocycles. The average Bonchev–Trinajstić information content (AvgIpc) is 2.46. The first-order valence-electron chi connectivity index (χ1n) is 6.49. The minimum atomic E-state index is -0.767. The molecule has 0 N–H and O–H groups in total. The highest BCUT2D eigenvalue weighted by atomic mass is 33.1. The van der Waals surface area contributed by atoms with Crippen LogP contribution in [-0.2, 0) is 16.6 Å². The molecule has 2 rings (SSSR count). The molecule has 0 aliphatic rings. The Labute approximate surface area is 131 Å². The average molecular weight is 323 g/mol. The molecule has 1 atom stereocenters. The summed E-state index contributed by atoms with van der Waals surface area (Å²) in [4.78, 5) is 1.26. The van der Waals surface area contributed by atoms with Crippen molar-refractivity contribution in [1.82, 2.24) is 0 Å². The van der Waals surface area contributed by atoms with Crippen LogP contribution in [0.3, 0.4) is 0 Å². The number of hydrogen-bond donors (Lipinski definition) is 0. The SMILES string of the molecule is Cc1ccc(SSCCS(=O)Cc2ccccc2)cc1. The van der Waals surface area contributed by atoms with Gasteiger partial charge < -0.3 is 0 Å². The summed E-state index contributed by atoms with van der Waals surface area (Å²) in [6.07, 6.45) is 0. The zero-order chi connectivity index (χ0) is 14.2. The molecule has 0 saturated carbocycles. The fraction of sp³-hybridized carbons (Fsp3) is 0.250. The Morgan fingerprint density at radius 2 is 1.70 bits per heavy atom. The van der Waals surface area contributed by atoms with E-state index in [2.05, 4.69) is 31.2 Å². The van der Waals surface area contributed by atoms with Crippen molar-refractivity contribution in [2.24, 2.45) is 0 Å². The van der Waals surface area contributed by atoms with Crippen LogP contribution >= 0.6 is 21.6 Å². The highest BCUT2D eigenvalue weighted by Crippen LogP contribution is 2.30. The Bertz CT molecular complexity index is 537. The first kappa shape index (κ1) is 15.7. The predicted molar refractivity (Wildman–Crippen MR) is 92.6 cm³/mol. The second kappa shape index (κ2) is 8.55. The van der Waals surface area contributed by atoms with E-state index in [1.165, 1.54) is 10.5 Å². The van der Waals surface area contributed by atoms with E-state index in [1.807, 2.05) is 30.3 Å². The standard InChI is InChI=1S/C16H18OS3/c1-14-7-9-16(10-8-14)19-18-11-12-20(17)13-15-5-3-2-4-6-15/h2-10H,11-13H2,1H3. The smallest absolute Gasteiger partial charge is 0.0485 e. The lowest BCUT2D eigenvalue weighted by Gasteiger charge is -2.03. The van der Waals surface area contributed by atoms with Gasteiger partial charge in [0.15, 0.2) is 0 Å². The fourth-order valence-electron chi connectivity index (χ4n) is 1.66. The van der Waals surface area contributed by atoms with Crippen LogP contribution in [0.25, 0.3) is 0 Å². The van der Waals surface area contributed by atoms with Crippen LogP contribution in [0.2, 0.25) is 0 Å². The largest absolute Gasteiger partial charge is 0.259 e. The quantitative estimate of drug-likeness (QED) is 0.544. The second-order valence-corrected chi connectivity index (χ2v) is 8.56. The van der Waals surface area contributed by atoms with Crippen molar-refractivity contribution in [2.45, 2.75) is 17.6 Å². The molecule has 0 amide bonds. The van der Waals surface area contributed by atoms with Crippen LogP contribution in [0, 0.1) is 6.92 Å². The molecule has 0 spiro atoms. The van der Waals surface area contributed by atoms with Crippen LogP contribution in [0.5, 0.6) is 0 Å². The Kier molecular flexibility index (Phi) is 6.70. The van der Waals surface area contributed by atoms with Gasteiger partial charge in [-0.2, -0.15) is 0 Å². The van der Waals surface area contributed by atoms with Crippen molar-refractivity contribution in [3.8, 4) is 0 Å². The molecule has 20 heavy (non-hydrogen) atoms. The zero-order valence-corrected chi connectivity index (χ0v) is 13.9. The Morgan fingerprint density at radius 1 is 1.00 bits per heavy atom. The predicted octanol–water partition coefficient (Wildman–Crippen LogP) is 4.68. The van der Waals surface area contributed by atoms with E-state index in [0.29, 0.717) is 5.75 Å². The lowest BCUT2D eigenvalue weighted by Crippen LogP contribution is -2.02. The van der Waals surface area contributed by atoms with Gasteiger partial charge in [0, 0.05) is 33.0 Å². The van der Waals surface area contributed by atoms with Crippen molar-refractivity contribution < 1.29 is 4.21 Å². The summed E-state index contributed by atoms with van der Waals surface area (Å²) in [6.45, 7) is 2.09. The normalized spacial score (nSPS) is 12.2. The van der Waals surface area contributed by atoms with E-state index >= 15 is 0 Å². The Balaban J connectivity index is 1.66. The number of benzene rings is 2. The maximum Gasteiger partial charge on any atom is 0.0485 e. The summed E-state index contributed by atoms with van der Waals surface area (Å²) in [5.74, 6) is 2.33. The van der Waals surface area contributed by atoms with Crippen molar-refractivity contribution >= 4 is 32.4 Å². The van der Waals surface area contributed by atoms with Crippen LogP contribution in [-0.4, -0.2) is 15.7 Å². The van der Waals surface area contributed by atoms with E-state index in [9.17, 15) is 4.21 Å². The van der Waals surface area contributed by atoms with Gasteiger partial charge in [-0.05, 0) is 24.6 Å². The highest BCUT2D eigenvalue weighted by molar-refractivity contribution is 8.76.